The first kappa shape index (κ1) is 14.7. The zero-order valence-electron chi connectivity index (χ0n) is 13.0. The predicted molar refractivity (Wildman–Crippen MR) is 76.7 cm³/mol. The number of rotatable bonds is 2. The molecule has 0 bridgehead atoms. The molecule has 0 radical (unpaired) electrons. The van der Waals surface area contributed by atoms with E-state index in [4.69, 9.17) is 0 Å². The third-order valence-corrected chi connectivity index (χ3v) is 6.29. The fourth-order valence-electron chi connectivity index (χ4n) is 4.22. The van der Waals surface area contributed by atoms with Crippen LogP contribution < -0.4 is 0 Å². The van der Waals surface area contributed by atoms with E-state index in [-0.39, 0.29) is 28.8 Å². The monoisotopic (exact) mass is 264 g/mol. The van der Waals surface area contributed by atoms with Crippen molar-refractivity contribution in [3.63, 3.8) is 0 Å². The van der Waals surface area contributed by atoms with Gasteiger partial charge < -0.3 is 0 Å². The van der Waals surface area contributed by atoms with Crippen LogP contribution in [0.25, 0.3) is 0 Å². The van der Waals surface area contributed by atoms with E-state index < -0.39 is 0 Å². The summed E-state index contributed by atoms with van der Waals surface area (Å²) < 4.78 is 0. The molecule has 0 N–H and O–H groups in total. The van der Waals surface area contributed by atoms with Crippen LogP contribution in [-0.4, -0.2) is 11.6 Å². The Balaban J connectivity index is 2.32. The maximum Gasteiger partial charge on any atom is 0.202 e. The van der Waals surface area contributed by atoms with Crippen molar-refractivity contribution < 1.29 is 9.59 Å². The molecule has 0 amide bonds. The normalized spacial score (nSPS) is 41.3. The van der Waals surface area contributed by atoms with E-state index in [1.165, 1.54) is 6.42 Å². The Bertz CT molecular complexity index is 385. The van der Waals surface area contributed by atoms with E-state index in [0.717, 1.165) is 19.3 Å². The molecule has 0 spiro atoms. The summed E-state index contributed by atoms with van der Waals surface area (Å²) >= 11 is 0. The van der Waals surface area contributed by atoms with E-state index in [1.807, 2.05) is 0 Å². The van der Waals surface area contributed by atoms with Gasteiger partial charge in [0, 0.05) is 11.8 Å². The standard InChI is InChI=1S/C17H28O2/c1-10(2)12(4)13-9-17(5)11(3)7-6-8-14(17)16(19)15(13)18/h10-14H,6-9H2,1-5H3. The van der Waals surface area contributed by atoms with Crippen molar-refractivity contribution in [2.45, 2.75) is 60.3 Å². The van der Waals surface area contributed by atoms with Crippen molar-refractivity contribution in [1.82, 2.24) is 0 Å². The van der Waals surface area contributed by atoms with Crippen LogP contribution in [0.15, 0.2) is 0 Å². The van der Waals surface area contributed by atoms with Gasteiger partial charge >= 0.3 is 0 Å². The molecule has 0 saturated heterocycles. The maximum atomic E-state index is 12.5. The van der Waals surface area contributed by atoms with Crippen molar-refractivity contribution in [2.24, 2.45) is 35.0 Å². The highest BCUT2D eigenvalue weighted by Gasteiger charge is 2.54. The molecule has 0 aliphatic heterocycles. The van der Waals surface area contributed by atoms with Gasteiger partial charge in [-0.25, -0.2) is 0 Å². The summed E-state index contributed by atoms with van der Waals surface area (Å²) in [7, 11) is 0. The molecule has 2 heteroatoms. The highest BCUT2D eigenvalue weighted by atomic mass is 16.2. The number of carbonyl (C=O) groups excluding carboxylic acids is 2. The first-order valence-electron chi connectivity index (χ1n) is 7.87. The fourth-order valence-corrected chi connectivity index (χ4v) is 4.22. The molecule has 2 aliphatic rings. The Morgan fingerprint density at radius 2 is 1.74 bits per heavy atom. The van der Waals surface area contributed by atoms with Gasteiger partial charge in [0.05, 0.1) is 0 Å². The molecule has 0 aromatic rings. The fraction of sp³-hybridized carbons (Fsp3) is 0.882. The van der Waals surface area contributed by atoms with Gasteiger partial charge in [-0.3, -0.25) is 9.59 Å². The minimum atomic E-state index is -0.0715. The van der Waals surface area contributed by atoms with E-state index in [9.17, 15) is 9.59 Å². The topological polar surface area (TPSA) is 34.1 Å². The number of carbonyl (C=O) groups is 2. The van der Waals surface area contributed by atoms with Crippen LogP contribution in [-0.2, 0) is 9.59 Å². The molecule has 2 saturated carbocycles. The van der Waals surface area contributed by atoms with Gasteiger partial charge in [0.2, 0.25) is 11.6 Å². The second kappa shape index (κ2) is 5.03. The van der Waals surface area contributed by atoms with E-state index in [0.29, 0.717) is 17.8 Å². The first-order valence-corrected chi connectivity index (χ1v) is 7.87. The van der Waals surface area contributed by atoms with Crippen LogP contribution in [0.5, 0.6) is 0 Å². The van der Waals surface area contributed by atoms with Crippen molar-refractivity contribution in [2.75, 3.05) is 0 Å². The lowest BCUT2D eigenvalue weighted by Gasteiger charge is -2.51. The van der Waals surface area contributed by atoms with Gasteiger partial charge in [-0.1, -0.05) is 47.5 Å². The van der Waals surface area contributed by atoms with Crippen LogP contribution in [0.2, 0.25) is 0 Å². The Morgan fingerprint density at radius 3 is 2.32 bits per heavy atom. The molecule has 2 aliphatic carbocycles. The van der Waals surface area contributed by atoms with Gasteiger partial charge in [-0.2, -0.15) is 0 Å². The summed E-state index contributed by atoms with van der Waals surface area (Å²) in [6.45, 7) is 11.0. The lowest BCUT2D eigenvalue weighted by Crippen LogP contribution is -2.53. The molecule has 5 atom stereocenters. The van der Waals surface area contributed by atoms with Crippen molar-refractivity contribution in [3.8, 4) is 0 Å². The minimum Gasteiger partial charge on any atom is -0.291 e. The SMILES string of the molecule is CC(C)C(C)C1CC2(C)C(C)CCCC2C(=O)C1=O. The van der Waals surface area contributed by atoms with E-state index in [1.54, 1.807) is 0 Å². The summed E-state index contributed by atoms with van der Waals surface area (Å²) in [4.78, 5) is 24.9. The number of hydrogen-bond acceptors (Lipinski definition) is 2. The number of ketones is 2. The van der Waals surface area contributed by atoms with Gasteiger partial charge in [0.1, 0.15) is 0 Å². The van der Waals surface area contributed by atoms with Gasteiger partial charge in [0.15, 0.2) is 0 Å². The molecule has 108 valence electrons. The largest absolute Gasteiger partial charge is 0.291 e. The molecule has 2 nitrogen and oxygen atoms in total. The average molecular weight is 264 g/mol. The molecule has 2 fully saturated rings. The third kappa shape index (κ3) is 2.28. The summed E-state index contributed by atoms with van der Waals surface area (Å²) in [5.41, 5.74) is 0.0526. The highest BCUT2D eigenvalue weighted by molar-refractivity contribution is 6.39. The molecule has 19 heavy (non-hydrogen) atoms. The molecular formula is C17H28O2. The van der Waals surface area contributed by atoms with E-state index >= 15 is 0 Å². The highest BCUT2D eigenvalue weighted by Crippen LogP contribution is 2.54. The zero-order chi connectivity index (χ0) is 14.4. The van der Waals surface area contributed by atoms with Crippen LogP contribution >= 0.6 is 0 Å². The molecule has 2 rings (SSSR count). The van der Waals surface area contributed by atoms with Gasteiger partial charge in [-0.05, 0) is 36.0 Å². The Morgan fingerprint density at radius 1 is 1.11 bits per heavy atom. The minimum absolute atomic E-state index is 0.000591. The maximum absolute atomic E-state index is 12.5. The zero-order valence-corrected chi connectivity index (χ0v) is 13.0. The second-order valence-corrected chi connectivity index (χ2v) is 7.53. The Hall–Kier alpha value is -0.660. The summed E-state index contributed by atoms with van der Waals surface area (Å²) in [6.07, 6.45) is 4.15. The smallest absolute Gasteiger partial charge is 0.202 e. The van der Waals surface area contributed by atoms with Crippen LogP contribution in [0, 0.1) is 35.0 Å². The van der Waals surface area contributed by atoms with Crippen molar-refractivity contribution >= 4 is 11.6 Å². The lowest BCUT2D eigenvalue weighted by molar-refractivity contribution is -0.155. The van der Waals surface area contributed by atoms with Gasteiger partial charge in [0.25, 0.3) is 0 Å². The molecule has 5 unspecified atom stereocenters. The van der Waals surface area contributed by atoms with Crippen LogP contribution in [0.4, 0.5) is 0 Å². The first-order chi connectivity index (χ1) is 8.79. The number of fused-ring (bicyclic) bond motifs is 1. The number of Topliss-reactive ketones (excluding diaryl/α,β-unsaturated/α-hetero) is 2. The Labute approximate surface area is 117 Å². The Kier molecular flexibility index (Phi) is 3.90. The molecule has 0 aromatic carbocycles. The van der Waals surface area contributed by atoms with Crippen LogP contribution in [0.3, 0.4) is 0 Å². The summed E-state index contributed by atoms with van der Waals surface area (Å²) in [5.74, 6) is 1.15. The number of hydrogen-bond donors (Lipinski definition) is 0. The summed E-state index contributed by atoms with van der Waals surface area (Å²) in [5, 5.41) is 0. The molecule has 0 aromatic heterocycles. The third-order valence-electron chi connectivity index (χ3n) is 6.29. The van der Waals surface area contributed by atoms with E-state index in [2.05, 4.69) is 34.6 Å². The predicted octanol–water partition coefficient (Wildman–Crippen LogP) is 3.88. The average Bonchev–Trinajstić information content (AvgIpc) is 2.35. The molecular weight excluding hydrogens is 236 g/mol. The van der Waals surface area contributed by atoms with Crippen molar-refractivity contribution in [3.05, 3.63) is 0 Å². The van der Waals surface area contributed by atoms with Gasteiger partial charge in [-0.15, -0.1) is 0 Å². The van der Waals surface area contributed by atoms with Crippen LogP contribution in [0.1, 0.15) is 60.3 Å². The lowest BCUT2D eigenvalue weighted by atomic mass is 9.51. The quantitative estimate of drug-likeness (QED) is 0.709. The summed E-state index contributed by atoms with van der Waals surface area (Å²) in [6, 6.07) is 0. The second-order valence-electron chi connectivity index (χ2n) is 7.53. The molecule has 0 heterocycles. The van der Waals surface area contributed by atoms with Crippen molar-refractivity contribution in [1.29, 1.82) is 0 Å².